The number of phenolic OH excluding ortho intramolecular Hbond substituents is 1. The van der Waals surface area contributed by atoms with Crippen LogP contribution in [0, 0.1) is 0 Å². The number of hydrogen-bond acceptors (Lipinski definition) is 7. The molecule has 5 rings (SSSR count). The Hall–Kier alpha value is -4.91. The van der Waals surface area contributed by atoms with Gasteiger partial charge in [-0.05, 0) is 28.6 Å². The molecule has 0 saturated carbocycles. The van der Waals surface area contributed by atoms with Crippen molar-refractivity contribution in [1.29, 1.82) is 0 Å². The Morgan fingerprint density at radius 3 is 1.92 bits per heavy atom. The maximum absolute atomic E-state index is 13.0. The van der Waals surface area contributed by atoms with Gasteiger partial charge in [0.05, 0.1) is 21.3 Å². The molecule has 7 heteroatoms. The molecule has 0 amide bonds. The third-order valence-electron chi connectivity index (χ3n) is 6.49. The van der Waals surface area contributed by atoms with E-state index in [4.69, 9.17) is 23.7 Å². The Bertz CT molecular complexity index is 1630. The van der Waals surface area contributed by atoms with Crippen LogP contribution in [0.3, 0.4) is 0 Å². The lowest BCUT2D eigenvalue weighted by atomic mass is 9.94. The number of ether oxygens (including phenoxy) is 5. The number of carbonyl (C=O) groups is 1. The van der Waals surface area contributed by atoms with Crippen molar-refractivity contribution in [2.75, 3.05) is 21.3 Å². The standard InChI is InChI=1S/C32H28O7/c1-35-30-24-15-14-22-16-23(38-18-20-10-6-4-7-11-20)17-25(39-19-21-12-8-5-9-13-21)26(22)27(24)28(32(34)37-3)29(33)31(30)36-2/h4-17,33H,18-19H2,1-3H3. The molecule has 0 heterocycles. The van der Waals surface area contributed by atoms with Gasteiger partial charge in [0.1, 0.15) is 30.3 Å². The van der Waals surface area contributed by atoms with Gasteiger partial charge in [0.25, 0.3) is 0 Å². The lowest BCUT2D eigenvalue weighted by Crippen LogP contribution is -2.06. The van der Waals surface area contributed by atoms with Crippen LogP contribution in [-0.2, 0) is 18.0 Å². The molecule has 7 nitrogen and oxygen atoms in total. The molecule has 0 atom stereocenters. The molecule has 39 heavy (non-hydrogen) atoms. The number of hydrogen-bond donors (Lipinski definition) is 1. The smallest absolute Gasteiger partial charge is 0.342 e. The third-order valence-corrected chi connectivity index (χ3v) is 6.49. The van der Waals surface area contributed by atoms with Crippen LogP contribution >= 0.6 is 0 Å². The highest BCUT2D eigenvalue weighted by atomic mass is 16.5. The first-order valence-electron chi connectivity index (χ1n) is 12.3. The van der Waals surface area contributed by atoms with Crippen molar-refractivity contribution < 1.29 is 33.6 Å². The fourth-order valence-corrected chi connectivity index (χ4v) is 4.68. The van der Waals surface area contributed by atoms with Crippen LogP contribution in [0.25, 0.3) is 21.5 Å². The molecule has 0 radical (unpaired) electrons. The van der Waals surface area contributed by atoms with Gasteiger partial charge in [-0.25, -0.2) is 4.79 Å². The van der Waals surface area contributed by atoms with E-state index in [1.807, 2.05) is 78.9 Å². The summed E-state index contributed by atoms with van der Waals surface area (Å²) in [5, 5.41) is 13.5. The third kappa shape index (κ3) is 4.99. The molecule has 198 valence electrons. The van der Waals surface area contributed by atoms with E-state index in [1.165, 1.54) is 21.3 Å². The predicted molar refractivity (Wildman–Crippen MR) is 149 cm³/mol. The highest BCUT2D eigenvalue weighted by Gasteiger charge is 2.28. The summed E-state index contributed by atoms with van der Waals surface area (Å²) in [7, 11) is 4.14. The molecule has 0 unspecified atom stereocenters. The van der Waals surface area contributed by atoms with Gasteiger partial charge in [-0.2, -0.15) is 0 Å². The van der Waals surface area contributed by atoms with Crippen LogP contribution < -0.4 is 18.9 Å². The Balaban J connectivity index is 1.75. The first kappa shape index (κ1) is 25.7. The van der Waals surface area contributed by atoms with Crippen LogP contribution in [0.2, 0.25) is 0 Å². The van der Waals surface area contributed by atoms with Gasteiger partial charge >= 0.3 is 5.97 Å². The Kier molecular flexibility index (Phi) is 7.41. The van der Waals surface area contributed by atoms with Gasteiger partial charge < -0.3 is 28.8 Å². The van der Waals surface area contributed by atoms with E-state index in [0.717, 1.165) is 16.5 Å². The lowest BCUT2D eigenvalue weighted by molar-refractivity contribution is 0.0599. The second-order valence-electron chi connectivity index (χ2n) is 8.84. The van der Waals surface area contributed by atoms with E-state index in [0.29, 0.717) is 34.3 Å². The summed E-state index contributed by atoms with van der Waals surface area (Å²) in [6.07, 6.45) is 0. The fourth-order valence-electron chi connectivity index (χ4n) is 4.68. The van der Waals surface area contributed by atoms with Crippen LogP contribution in [-0.4, -0.2) is 32.4 Å². The number of methoxy groups -OCH3 is 3. The van der Waals surface area contributed by atoms with Gasteiger partial charge in [0.2, 0.25) is 5.75 Å². The first-order chi connectivity index (χ1) is 19.0. The van der Waals surface area contributed by atoms with Crippen LogP contribution in [0.15, 0.2) is 84.9 Å². The molecular formula is C32H28O7. The van der Waals surface area contributed by atoms with Crippen LogP contribution in [0.5, 0.6) is 28.7 Å². The van der Waals surface area contributed by atoms with Crippen molar-refractivity contribution >= 4 is 27.5 Å². The number of rotatable bonds is 9. The molecule has 0 fully saturated rings. The van der Waals surface area contributed by atoms with E-state index in [1.54, 1.807) is 6.07 Å². The Morgan fingerprint density at radius 2 is 1.33 bits per heavy atom. The van der Waals surface area contributed by atoms with Crippen LogP contribution in [0.4, 0.5) is 0 Å². The molecule has 5 aromatic carbocycles. The summed E-state index contributed by atoms with van der Waals surface area (Å²) >= 11 is 0. The molecular weight excluding hydrogens is 496 g/mol. The summed E-state index contributed by atoms with van der Waals surface area (Å²) in [4.78, 5) is 13.0. The second kappa shape index (κ2) is 11.2. The second-order valence-corrected chi connectivity index (χ2v) is 8.84. The zero-order chi connectivity index (χ0) is 27.4. The number of aromatic hydroxyl groups is 1. The van der Waals surface area contributed by atoms with Gasteiger partial charge in [-0.1, -0.05) is 66.7 Å². The maximum atomic E-state index is 13.0. The lowest BCUT2D eigenvalue weighted by Gasteiger charge is -2.20. The van der Waals surface area contributed by atoms with E-state index >= 15 is 0 Å². The highest BCUT2D eigenvalue weighted by Crippen LogP contribution is 2.50. The number of benzene rings is 5. The van der Waals surface area contributed by atoms with E-state index in [9.17, 15) is 9.90 Å². The Morgan fingerprint density at radius 1 is 0.718 bits per heavy atom. The molecule has 5 aromatic rings. The normalized spacial score (nSPS) is 10.8. The first-order valence-corrected chi connectivity index (χ1v) is 12.3. The summed E-state index contributed by atoms with van der Waals surface area (Å²) in [6, 6.07) is 27.0. The van der Waals surface area contributed by atoms with Gasteiger partial charge in [-0.15, -0.1) is 0 Å². The van der Waals surface area contributed by atoms with Crippen molar-refractivity contribution in [3.05, 3.63) is 102 Å². The zero-order valence-corrected chi connectivity index (χ0v) is 21.9. The topological polar surface area (TPSA) is 83.5 Å². The number of fused-ring (bicyclic) bond motifs is 3. The predicted octanol–water partition coefficient (Wildman–Crippen LogP) is 6.66. The molecule has 1 N–H and O–H groups in total. The average molecular weight is 525 g/mol. The monoisotopic (exact) mass is 524 g/mol. The van der Waals surface area contributed by atoms with Gasteiger partial charge in [0.15, 0.2) is 11.5 Å². The van der Waals surface area contributed by atoms with Crippen molar-refractivity contribution in [2.24, 2.45) is 0 Å². The Labute approximate surface area is 226 Å². The summed E-state index contributed by atoms with van der Waals surface area (Å²) in [5.41, 5.74) is 1.95. The SMILES string of the molecule is COC(=O)c1c(O)c(OC)c(OC)c2ccc3cc(OCc4ccccc4)cc(OCc4ccccc4)c3c12. The van der Waals surface area contributed by atoms with E-state index in [2.05, 4.69) is 0 Å². The summed E-state index contributed by atoms with van der Waals surface area (Å²) < 4.78 is 28.6. The van der Waals surface area contributed by atoms with Crippen molar-refractivity contribution in [3.63, 3.8) is 0 Å². The summed E-state index contributed by atoms with van der Waals surface area (Å²) in [5.74, 6) is 0.307. The van der Waals surface area contributed by atoms with Crippen LogP contribution in [0.1, 0.15) is 21.5 Å². The number of carbonyl (C=O) groups excluding carboxylic acids is 1. The quantitative estimate of drug-likeness (QED) is 0.170. The average Bonchev–Trinajstić information content (AvgIpc) is 2.98. The molecule has 0 aliphatic carbocycles. The molecule has 0 spiro atoms. The van der Waals surface area contributed by atoms with Crippen molar-refractivity contribution in [1.82, 2.24) is 0 Å². The molecule has 0 aliphatic rings. The fraction of sp³-hybridized carbons (Fsp3) is 0.156. The maximum Gasteiger partial charge on any atom is 0.342 e. The van der Waals surface area contributed by atoms with Crippen molar-refractivity contribution in [3.8, 4) is 28.7 Å². The molecule has 0 aliphatic heterocycles. The minimum absolute atomic E-state index is 0.0410. The van der Waals surface area contributed by atoms with E-state index < -0.39 is 5.97 Å². The van der Waals surface area contributed by atoms with Gasteiger partial charge in [0, 0.05) is 22.2 Å². The minimum Gasteiger partial charge on any atom is -0.504 e. The molecule has 0 bridgehead atoms. The zero-order valence-electron chi connectivity index (χ0n) is 21.9. The van der Waals surface area contributed by atoms with E-state index in [-0.39, 0.29) is 29.4 Å². The molecule has 0 aromatic heterocycles. The van der Waals surface area contributed by atoms with Gasteiger partial charge in [-0.3, -0.25) is 0 Å². The number of esters is 1. The highest BCUT2D eigenvalue weighted by molar-refractivity contribution is 6.22. The largest absolute Gasteiger partial charge is 0.504 e. The van der Waals surface area contributed by atoms with Crippen molar-refractivity contribution in [2.45, 2.75) is 13.2 Å². The minimum atomic E-state index is -0.718. The number of phenols is 1. The summed E-state index contributed by atoms with van der Waals surface area (Å²) in [6.45, 7) is 0.651. The molecule has 0 saturated heterocycles.